The van der Waals surface area contributed by atoms with Crippen molar-refractivity contribution in [3.63, 3.8) is 0 Å². The van der Waals surface area contributed by atoms with E-state index in [1.807, 2.05) is 36.4 Å². The number of fused-ring (bicyclic) bond motifs is 1. The molecule has 0 spiro atoms. The lowest BCUT2D eigenvalue weighted by Gasteiger charge is -2.20. The molecule has 1 saturated heterocycles. The van der Waals surface area contributed by atoms with Crippen molar-refractivity contribution in [1.82, 2.24) is 10.3 Å². The molecule has 0 radical (unpaired) electrons. The van der Waals surface area contributed by atoms with Crippen molar-refractivity contribution in [3.05, 3.63) is 53.9 Å². The average molecular weight is 340 g/mol. The van der Waals surface area contributed by atoms with Gasteiger partial charge in [0.25, 0.3) is 0 Å². The largest absolute Gasteiger partial charge is 0.481 e. The first-order valence-electron chi connectivity index (χ1n) is 8.48. The molecule has 4 rings (SSSR count). The van der Waals surface area contributed by atoms with Crippen molar-refractivity contribution >= 4 is 5.97 Å². The van der Waals surface area contributed by atoms with Gasteiger partial charge in [-0.2, -0.15) is 0 Å². The number of aliphatic carboxylic acids is 1. The highest BCUT2D eigenvalue weighted by molar-refractivity contribution is 5.73. The second kappa shape index (κ2) is 6.72. The third-order valence-electron chi connectivity index (χ3n) is 5.01. The number of pyridine rings is 1. The minimum atomic E-state index is -0.765. The van der Waals surface area contributed by atoms with E-state index in [1.165, 1.54) is 0 Å². The zero-order chi connectivity index (χ0) is 17.2. The number of benzene rings is 1. The van der Waals surface area contributed by atoms with Gasteiger partial charge in [-0.1, -0.05) is 12.1 Å². The summed E-state index contributed by atoms with van der Waals surface area (Å²) in [5, 5.41) is 13.2. The predicted molar refractivity (Wildman–Crippen MR) is 90.8 cm³/mol. The lowest BCUT2D eigenvalue weighted by molar-refractivity contribution is -0.142. The lowest BCUT2D eigenvalue weighted by atomic mass is 9.83. The SMILES string of the molecule is O=C(O)C1C(CCc2ccccn2)NCC1c1ccc2c(c1)OCO2. The molecule has 1 aromatic carbocycles. The summed E-state index contributed by atoms with van der Waals surface area (Å²) >= 11 is 0. The Bertz CT molecular complexity index is 765. The zero-order valence-electron chi connectivity index (χ0n) is 13.7. The first-order chi connectivity index (χ1) is 12.2. The maximum absolute atomic E-state index is 11.9. The van der Waals surface area contributed by atoms with Gasteiger partial charge in [0, 0.05) is 30.4 Å². The summed E-state index contributed by atoms with van der Waals surface area (Å²) in [6, 6.07) is 11.4. The van der Waals surface area contributed by atoms with Crippen LogP contribution >= 0.6 is 0 Å². The summed E-state index contributed by atoms with van der Waals surface area (Å²) in [6.07, 6.45) is 3.27. The van der Waals surface area contributed by atoms with Crippen molar-refractivity contribution in [2.75, 3.05) is 13.3 Å². The Hall–Kier alpha value is -2.60. The molecule has 1 fully saturated rings. The van der Waals surface area contributed by atoms with Gasteiger partial charge in [0.2, 0.25) is 6.79 Å². The van der Waals surface area contributed by atoms with Crippen LogP contribution in [0.15, 0.2) is 42.6 Å². The Morgan fingerprint density at radius 2 is 2.12 bits per heavy atom. The Morgan fingerprint density at radius 3 is 2.92 bits per heavy atom. The van der Waals surface area contributed by atoms with Crippen LogP contribution in [0, 0.1) is 5.92 Å². The van der Waals surface area contributed by atoms with Crippen molar-refractivity contribution < 1.29 is 19.4 Å². The Balaban J connectivity index is 1.50. The topological polar surface area (TPSA) is 80.7 Å². The molecule has 3 heterocycles. The van der Waals surface area contributed by atoms with Crippen LogP contribution in [0.25, 0.3) is 0 Å². The Morgan fingerprint density at radius 1 is 1.24 bits per heavy atom. The van der Waals surface area contributed by atoms with Gasteiger partial charge in [0.05, 0.1) is 5.92 Å². The number of nitrogens with one attached hydrogen (secondary N) is 1. The molecule has 2 aromatic rings. The van der Waals surface area contributed by atoms with E-state index >= 15 is 0 Å². The third-order valence-corrected chi connectivity index (χ3v) is 5.01. The molecule has 0 bridgehead atoms. The van der Waals surface area contributed by atoms with Crippen LogP contribution in [0.3, 0.4) is 0 Å². The van der Waals surface area contributed by atoms with E-state index in [2.05, 4.69) is 10.3 Å². The van der Waals surface area contributed by atoms with E-state index in [4.69, 9.17) is 9.47 Å². The van der Waals surface area contributed by atoms with E-state index < -0.39 is 11.9 Å². The molecule has 2 N–H and O–H groups in total. The highest BCUT2D eigenvalue weighted by Gasteiger charge is 2.41. The molecule has 0 aliphatic carbocycles. The number of hydrogen-bond acceptors (Lipinski definition) is 5. The zero-order valence-corrected chi connectivity index (χ0v) is 13.7. The fraction of sp³-hybridized carbons (Fsp3) is 0.368. The third kappa shape index (κ3) is 3.17. The van der Waals surface area contributed by atoms with Crippen molar-refractivity contribution in [3.8, 4) is 11.5 Å². The summed E-state index contributed by atoms with van der Waals surface area (Å²) in [7, 11) is 0. The molecule has 6 nitrogen and oxygen atoms in total. The molecule has 2 aliphatic heterocycles. The smallest absolute Gasteiger partial charge is 0.308 e. The quantitative estimate of drug-likeness (QED) is 0.868. The van der Waals surface area contributed by atoms with Crippen molar-refractivity contribution in [2.45, 2.75) is 24.8 Å². The summed E-state index contributed by atoms with van der Waals surface area (Å²) in [4.78, 5) is 16.2. The predicted octanol–water partition coefficient (Wildman–Crippen LogP) is 2.20. The highest BCUT2D eigenvalue weighted by atomic mass is 16.7. The fourth-order valence-electron chi connectivity index (χ4n) is 3.76. The summed E-state index contributed by atoms with van der Waals surface area (Å²) in [5.74, 6) is 0.0929. The normalized spacial score (nSPS) is 24.4. The minimum Gasteiger partial charge on any atom is -0.481 e. The van der Waals surface area contributed by atoms with E-state index in [0.29, 0.717) is 18.0 Å². The van der Waals surface area contributed by atoms with E-state index in [0.717, 1.165) is 24.1 Å². The second-order valence-corrected chi connectivity index (χ2v) is 6.46. The maximum Gasteiger partial charge on any atom is 0.308 e. The highest BCUT2D eigenvalue weighted by Crippen LogP contribution is 2.39. The molecule has 1 aromatic heterocycles. The van der Waals surface area contributed by atoms with Crippen LogP contribution < -0.4 is 14.8 Å². The number of hydrogen-bond donors (Lipinski definition) is 2. The minimum absolute atomic E-state index is 0.0741. The van der Waals surface area contributed by atoms with Gasteiger partial charge in [-0.05, 0) is 42.7 Å². The average Bonchev–Trinajstić information content (AvgIpc) is 3.26. The number of aromatic nitrogens is 1. The van der Waals surface area contributed by atoms with Gasteiger partial charge >= 0.3 is 5.97 Å². The monoisotopic (exact) mass is 340 g/mol. The molecule has 130 valence electrons. The first kappa shape index (κ1) is 15.9. The number of carboxylic acids is 1. The van der Waals surface area contributed by atoms with Gasteiger partial charge in [-0.3, -0.25) is 9.78 Å². The summed E-state index contributed by atoms with van der Waals surface area (Å²) in [5.41, 5.74) is 1.96. The van der Waals surface area contributed by atoms with Crippen molar-refractivity contribution in [2.24, 2.45) is 5.92 Å². The summed E-state index contributed by atoms with van der Waals surface area (Å²) in [6.45, 7) is 0.861. The summed E-state index contributed by atoms with van der Waals surface area (Å²) < 4.78 is 10.8. The number of carbonyl (C=O) groups is 1. The standard InChI is InChI=1S/C19H20N2O4/c22-19(23)18-14(12-4-7-16-17(9-12)25-11-24-16)10-21-15(18)6-5-13-3-1-2-8-20-13/h1-4,7-9,14-15,18,21H,5-6,10-11H2,(H,22,23). The van der Waals surface area contributed by atoms with E-state index in [-0.39, 0.29) is 18.8 Å². The number of aryl methyl sites for hydroxylation is 1. The van der Waals surface area contributed by atoms with Crippen LogP contribution in [-0.2, 0) is 11.2 Å². The van der Waals surface area contributed by atoms with Gasteiger partial charge in [0.15, 0.2) is 11.5 Å². The molecule has 25 heavy (non-hydrogen) atoms. The number of ether oxygens (including phenoxy) is 2. The van der Waals surface area contributed by atoms with Crippen LogP contribution in [0.2, 0.25) is 0 Å². The Kier molecular flexibility index (Phi) is 4.28. The maximum atomic E-state index is 11.9. The molecule has 3 unspecified atom stereocenters. The molecular weight excluding hydrogens is 320 g/mol. The van der Waals surface area contributed by atoms with Crippen LogP contribution in [0.1, 0.15) is 23.6 Å². The van der Waals surface area contributed by atoms with E-state index in [1.54, 1.807) is 6.20 Å². The second-order valence-electron chi connectivity index (χ2n) is 6.46. The molecule has 6 heteroatoms. The number of rotatable bonds is 5. The van der Waals surface area contributed by atoms with Crippen LogP contribution in [0.4, 0.5) is 0 Å². The lowest BCUT2D eigenvalue weighted by Crippen LogP contribution is -2.33. The molecular formula is C19H20N2O4. The fourth-order valence-corrected chi connectivity index (χ4v) is 3.76. The molecule has 0 saturated carbocycles. The van der Waals surface area contributed by atoms with Gasteiger partial charge < -0.3 is 19.9 Å². The first-order valence-corrected chi connectivity index (χ1v) is 8.48. The van der Waals surface area contributed by atoms with Crippen LogP contribution in [-0.4, -0.2) is 35.4 Å². The number of nitrogens with zero attached hydrogens (tertiary/aromatic N) is 1. The molecule has 2 aliphatic rings. The van der Waals surface area contributed by atoms with Gasteiger partial charge in [-0.25, -0.2) is 0 Å². The molecule has 3 atom stereocenters. The van der Waals surface area contributed by atoms with Crippen LogP contribution in [0.5, 0.6) is 11.5 Å². The number of carboxylic acid groups (broad SMARTS) is 1. The Labute approximate surface area is 145 Å². The van der Waals surface area contributed by atoms with Gasteiger partial charge in [0.1, 0.15) is 0 Å². The van der Waals surface area contributed by atoms with Crippen molar-refractivity contribution in [1.29, 1.82) is 0 Å². The molecule has 0 amide bonds. The van der Waals surface area contributed by atoms with E-state index in [9.17, 15) is 9.90 Å². The van der Waals surface area contributed by atoms with Gasteiger partial charge in [-0.15, -0.1) is 0 Å².